The summed E-state index contributed by atoms with van der Waals surface area (Å²) in [7, 11) is 0. The second-order valence-corrected chi connectivity index (χ2v) is 12.3. The molecule has 2 amide bonds. The van der Waals surface area contributed by atoms with Crippen LogP contribution in [0.25, 0.3) is 0 Å². The molecule has 0 unspecified atom stereocenters. The molecule has 0 aromatic carbocycles. The summed E-state index contributed by atoms with van der Waals surface area (Å²) < 4.78 is 0. The molecule has 0 heterocycles. The first-order chi connectivity index (χ1) is 16.7. The molecular formula is C30H52N2O2. The number of amides is 2. The van der Waals surface area contributed by atoms with Gasteiger partial charge in [0.25, 0.3) is 0 Å². The number of hydrogen-bond acceptors (Lipinski definition) is 2. The van der Waals surface area contributed by atoms with Crippen LogP contribution in [0.4, 0.5) is 0 Å². The summed E-state index contributed by atoms with van der Waals surface area (Å²) in [5, 5.41) is 6.85. The number of carbonyl (C=O) groups is 2. The molecule has 0 aromatic rings. The van der Waals surface area contributed by atoms with Crippen LogP contribution in [-0.2, 0) is 9.59 Å². The lowest BCUT2D eigenvalue weighted by atomic mass is 9.69. The van der Waals surface area contributed by atoms with Crippen LogP contribution in [0.1, 0.15) is 141 Å². The van der Waals surface area contributed by atoms with E-state index in [-0.39, 0.29) is 11.8 Å². The van der Waals surface area contributed by atoms with Crippen molar-refractivity contribution in [2.45, 2.75) is 153 Å². The summed E-state index contributed by atoms with van der Waals surface area (Å²) in [6.07, 6.45) is 27.1. The quantitative estimate of drug-likeness (QED) is 0.450. The van der Waals surface area contributed by atoms with Gasteiger partial charge in [-0.3, -0.25) is 9.59 Å². The fourth-order valence-corrected chi connectivity index (χ4v) is 7.54. The molecule has 0 aromatic heterocycles. The predicted octanol–water partition coefficient (Wildman–Crippen LogP) is 7.06. The number of hydrogen-bond donors (Lipinski definition) is 2. The summed E-state index contributed by atoms with van der Waals surface area (Å²) in [5.41, 5.74) is 0. The van der Waals surface area contributed by atoms with Crippen LogP contribution in [0.3, 0.4) is 0 Å². The van der Waals surface area contributed by atoms with Crippen LogP contribution in [0.15, 0.2) is 0 Å². The molecule has 4 saturated carbocycles. The minimum absolute atomic E-state index is 0.243. The molecule has 0 spiro atoms. The Balaban J connectivity index is 1.14. The Bertz CT molecular complexity index is 549. The van der Waals surface area contributed by atoms with Crippen molar-refractivity contribution in [1.82, 2.24) is 10.6 Å². The Morgan fingerprint density at radius 1 is 0.382 bits per heavy atom. The van der Waals surface area contributed by atoms with Crippen molar-refractivity contribution in [1.29, 1.82) is 0 Å². The zero-order valence-electron chi connectivity index (χ0n) is 21.8. The first-order valence-electron chi connectivity index (χ1n) is 15.3. The summed E-state index contributed by atoms with van der Waals surface area (Å²) in [4.78, 5) is 25.8. The van der Waals surface area contributed by atoms with Crippen molar-refractivity contribution in [3.8, 4) is 0 Å². The van der Waals surface area contributed by atoms with Crippen LogP contribution in [0.5, 0.6) is 0 Å². The molecule has 34 heavy (non-hydrogen) atoms. The van der Waals surface area contributed by atoms with Crippen molar-refractivity contribution >= 4 is 11.8 Å². The fourth-order valence-electron chi connectivity index (χ4n) is 7.54. The van der Waals surface area contributed by atoms with E-state index in [0.29, 0.717) is 23.9 Å². The molecule has 2 N–H and O–H groups in total. The molecule has 194 valence electrons. The van der Waals surface area contributed by atoms with Crippen LogP contribution in [0, 0.1) is 23.7 Å². The topological polar surface area (TPSA) is 58.2 Å². The Morgan fingerprint density at radius 3 is 1.00 bits per heavy atom. The van der Waals surface area contributed by atoms with Crippen molar-refractivity contribution in [3.63, 3.8) is 0 Å². The molecule has 4 aliphatic carbocycles. The Kier molecular flexibility index (Phi) is 10.6. The Hall–Kier alpha value is -1.06. The highest BCUT2D eigenvalue weighted by Crippen LogP contribution is 2.41. The fraction of sp³-hybridized carbons (Fsp3) is 0.933. The minimum Gasteiger partial charge on any atom is -0.353 e. The molecule has 0 bridgehead atoms. The number of nitrogens with one attached hydrogen (secondary N) is 2. The van der Waals surface area contributed by atoms with Gasteiger partial charge in [0.2, 0.25) is 11.8 Å². The van der Waals surface area contributed by atoms with Gasteiger partial charge in [-0.1, -0.05) is 64.2 Å². The molecule has 4 nitrogen and oxygen atoms in total. The van der Waals surface area contributed by atoms with Gasteiger partial charge < -0.3 is 10.6 Å². The second kappa shape index (κ2) is 13.9. The van der Waals surface area contributed by atoms with Gasteiger partial charge in [0, 0.05) is 23.9 Å². The normalized spacial score (nSPS) is 33.1. The van der Waals surface area contributed by atoms with E-state index in [2.05, 4.69) is 10.6 Å². The van der Waals surface area contributed by atoms with E-state index < -0.39 is 0 Å². The second-order valence-electron chi connectivity index (χ2n) is 12.3. The third-order valence-electron chi connectivity index (χ3n) is 9.86. The van der Waals surface area contributed by atoms with Gasteiger partial charge >= 0.3 is 0 Å². The highest BCUT2D eigenvalue weighted by molar-refractivity contribution is 5.79. The van der Waals surface area contributed by atoms with E-state index >= 15 is 0 Å². The maximum Gasteiger partial charge on any atom is 0.223 e. The van der Waals surface area contributed by atoms with E-state index in [1.165, 1.54) is 116 Å². The monoisotopic (exact) mass is 472 g/mol. The third kappa shape index (κ3) is 7.98. The molecule has 0 radical (unpaired) electrons. The van der Waals surface area contributed by atoms with Gasteiger partial charge in [-0.05, 0) is 88.9 Å². The summed E-state index contributed by atoms with van der Waals surface area (Å²) in [5.74, 6) is 2.73. The first-order valence-corrected chi connectivity index (χ1v) is 15.3. The van der Waals surface area contributed by atoms with Gasteiger partial charge in [0.05, 0.1) is 0 Å². The summed E-state index contributed by atoms with van der Waals surface area (Å²) in [6, 6.07) is 0.851. The Labute approximate surface area is 209 Å². The van der Waals surface area contributed by atoms with E-state index in [0.717, 1.165) is 37.5 Å². The van der Waals surface area contributed by atoms with Crippen molar-refractivity contribution in [3.05, 3.63) is 0 Å². The molecule has 4 rings (SSSR count). The highest BCUT2D eigenvalue weighted by Gasteiger charge is 2.35. The largest absolute Gasteiger partial charge is 0.353 e. The maximum absolute atomic E-state index is 12.9. The smallest absolute Gasteiger partial charge is 0.223 e. The van der Waals surface area contributed by atoms with Gasteiger partial charge in [-0.2, -0.15) is 0 Å². The number of carbonyl (C=O) groups excluding carboxylic acids is 2. The van der Waals surface area contributed by atoms with Crippen LogP contribution >= 0.6 is 0 Å². The van der Waals surface area contributed by atoms with Gasteiger partial charge in [-0.25, -0.2) is 0 Å². The highest BCUT2D eigenvalue weighted by atomic mass is 16.2. The number of rotatable bonds is 5. The first kappa shape index (κ1) is 26.0. The van der Waals surface area contributed by atoms with Gasteiger partial charge in [0.15, 0.2) is 0 Å². The SMILES string of the molecule is O=C(NC1CCCCCCC1)C1CCC(C2CCC(C(=O)NC3CCCCCCC3)CC2)CC1. The zero-order chi connectivity index (χ0) is 23.6. The van der Waals surface area contributed by atoms with Crippen molar-refractivity contribution in [2.24, 2.45) is 23.7 Å². The predicted molar refractivity (Wildman–Crippen MR) is 139 cm³/mol. The minimum atomic E-state index is 0.243. The Morgan fingerprint density at radius 2 is 0.676 bits per heavy atom. The van der Waals surface area contributed by atoms with Crippen molar-refractivity contribution in [2.75, 3.05) is 0 Å². The van der Waals surface area contributed by atoms with Crippen LogP contribution in [-0.4, -0.2) is 23.9 Å². The average molecular weight is 473 g/mol. The molecular weight excluding hydrogens is 420 g/mol. The lowest BCUT2D eigenvalue weighted by Crippen LogP contribution is -2.42. The molecule has 4 heteroatoms. The van der Waals surface area contributed by atoms with E-state index in [1.807, 2.05) is 0 Å². The lowest BCUT2D eigenvalue weighted by molar-refractivity contribution is -0.128. The standard InChI is InChI=1S/C30H52N2O2/c33-29(31-27-11-7-3-1-4-8-12-27)25-19-15-23(16-20-25)24-17-21-26(22-18-24)30(34)32-28-13-9-5-2-6-10-14-28/h23-28H,1-22H2,(H,31,33)(H,32,34). The molecule has 4 aliphatic rings. The van der Waals surface area contributed by atoms with E-state index in [1.54, 1.807) is 0 Å². The van der Waals surface area contributed by atoms with Gasteiger partial charge in [0.1, 0.15) is 0 Å². The molecule has 4 fully saturated rings. The summed E-state index contributed by atoms with van der Waals surface area (Å²) >= 11 is 0. The molecule has 0 atom stereocenters. The van der Waals surface area contributed by atoms with Gasteiger partial charge in [-0.15, -0.1) is 0 Å². The van der Waals surface area contributed by atoms with E-state index in [9.17, 15) is 9.59 Å². The third-order valence-corrected chi connectivity index (χ3v) is 9.86. The lowest BCUT2D eigenvalue weighted by Gasteiger charge is -2.37. The van der Waals surface area contributed by atoms with Crippen molar-refractivity contribution < 1.29 is 9.59 Å². The molecule has 0 saturated heterocycles. The average Bonchev–Trinajstić information content (AvgIpc) is 2.82. The molecule has 0 aliphatic heterocycles. The van der Waals surface area contributed by atoms with E-state index in [4.69, 9.17) is 0 Å². The van der Waals surface area contributed by atoms with Crippen LogP contribution in [0.2, 0.25) is 0 Å². The summed E-state index contributed by atoms with van der Waals surface area (Å²) in [6.45, 7) is 0. The van der Waals surface area contributed by atoms with Crippen LogP contribution < -0.4 is 10.6 Å². The zero-order valence-corrected chi connectivity index (χ0v) is 21.8. The maximum atomic E-state index is 12.9.